The van der Waals surface area contributed by atoms with Crippen LogP contribution < -0.4 is 9.80 Å². The topological polar surface area (TPSA) is 50.1 Å². The lowest BCUT2D eigenvalue weighted by molar-refractivity contribution is 1.19. The molecule has 0 amide bonds. The second kappa shape index (κ2) is 17.3. The lowest BCUT2D eigenvalue weighted by Gasteiger charge is -2.27. The molecule has 12 aromatic carbocycles. The van der Waals surface area contributed by atoms with Gasteiger partial charge in [-0.05, 0) is 148 Å². The van der Waals surface area contributed by atoms with E-state index in [1.54, 1.807) is 0 Å². The van der Waals surface area contributed by atoms with Gasteiger partial charge in [0.25, 0.3) is 0 Å². The van der Waals surface area contributed by atoms with Crippen molar-refractivity contribution in [2.24, 2.45) is 0 Å². The first kappa shape index (κ1) is 42.5. The first-order chi connectivity index (χ1) is 37.2. The van der Waals surface area contributed by atoms with Crippen molar-refractivity contribution >= 4 is 121 Å². The molecular weight excluding hydrogens is 913 g/mol. The van der Waals surface area contributed by atoms with Crippen LogP contribution in [0.3, 0.4) is 0 Å². The molecule has 0 bridgehead atoms. The standard InChI is InChI=1S/C69H44N6/c1-5-19-50(20-6-1)73(51-21-7-2-8-22-51)55-32-35-57-60(43-55)61-44-56(74(52-23-9-3-10-24-52)53-25-11-4-12-26-53)33-36-58(61)68-67(57)71-62-37-38-64-66(69(62)72-68)59-34-30-49(48-28-27-46-18-15-39-70-63(46)41-48)42-65(59)75(64)54-31-29-45-16-13-14-17-47(45)40-54/h1-44H. The van der Waals surface area contributed by atoms with E-state index in [2.05, 4.69) is 269 Å². The highest BCUT2D eigenvalue weighted by molar-refractivity contribution is 6.27. The van der Waals surface area contributed by atoms with Gasteiger partial charge in [-0.25, -0.2) is 9.97 Å². The van der Waals surface area contributed by atoms with Gasteiger partial charge < -0.3 is 14.4 Å². The Kier molecular flexibility index (Phi) is 9.78. The fourth-order valence-corrected chi connectivity index (χ4v) is 11.4. The highest BCUT2D eigenvalue weighted by Gasteiger charge is 2.23. The van der Waals surface area contributed by atoms with Crippen molar-refractivity contribution in [1.29, 1.82) is 0 Å². The van der Waals surface area contributed by atoms with Crippen LogP contribution in [0.1, 0.15) is 0 Å². The first-order valence-electron chi connectivity index (χ1n) is 25.4. The zero-order chi connectivity index (χ0) is 49.4. The lowest BCUT2D eigenvalue weighted by Crippen LogP contribution is -2.10. The van der Waals surface area contributed by atoms with E-state index in [0.29, 0.717) is 0 Å². The van der Waals surface area contributed by atoms with Crippen LogP contribution in [0.25, 0.3) is 104 Å². The SMILES string of the molecule is c1ccc(N(c2ccccc2)c2ccc3c(c2)c2cc(N(c4ccccc4)c4ccccc4)ccc2c2nc4c(ccc5c4c4ccc(-c6ccc7cccnc7c6)cc4n5-c4ccc5ccccc5c4)nc32)cc1. The summed E-state index contributed by atoms with van der Waals surface area (Å²) in [5.74, 6) is 0. The van der Waals surface area contributed by atoms with Crippen molar-refractivity contribution in [2.45, 2.75) is 0 Å². The van der Waals surface area contributed by atoms with Gasteiger partial charge in [-0.2, -0.15) is 0 Å². The van der Waals surface area contributed by atoms with Gasteiger partial charge in [-0.3, -0.25) is 4.98 Å². The van der Waals surface area contributed by atoms with Crippen LogP contribution in [-0.4, -0.2) is 19.5 Å². The molecule has 3 heterocycles. The number of nitrogens with zero attached hydrogens (tertiary/aromatic N) is 6. The van der Waals surface area contributed by atoms with Crippen LogP contribution >= 0.6 is 0 Å². The Balaban J connectivity index is 1.02. The van der Waals surface area contributed by atoms with Gasteiger partial charge in [0.05, 0.1) is 38.6 Å². The number of fused-ring (bicyclic) bond motifs is 13. The molecule has 0 saturated carbocycles. The maximum Gasteiger partial charge on any atom is 0.0995 e. The van der Waals surface area contributed by atoms with Crippen LogP contribution in [-0.2, 0) is 0 Å². The molecule has 0 aliphatic heterocycles. The predicted octanol–water partition coefficient (Wildman–Crippen LogP) is 18.5. The number of pyridine rings is 1. The number of aromatic nitrogens is 4. The Morgan fingerprint density at radius 3 is 1.44 bits per heavy atom. The largest absolute Gasteiger partial charge is 0.310 e. The molecule has 6 heteroatoms. The molecule has 15 aromatic rings. The van der Waals surface area contributed by atoms with E-state index in [1.807, 2.05) is 12.3 Å². The number of hydrogen-bond acceptors (Lipinski definition) is 5. The molecule has 0 atom stereocenters. The van der Waals surface area contributed by atoms with Crippen molar-refractivity contribution < 1.29 is 0 Å². The van der Waals surface area contributed by atoms with Crippen molar-refractivity contribution in [3.8, 4) is 16.8 Å². The second-order valence-corrected chi connectivity index (χ2v) is 19.2. The third kappa shape index (κ3) is 7.07. The molecule has 350 valence electrons. The highest BCUT2D eigenvalue weighted by Crippen LogP contribution is 2.45. The van der Waals surface area contributed by atoms with E-state index in [9.17, 15) is 0 Å². The molecule has 0 N–H and O–H groups in total. The second-order valence-electron chi connectivity index (χ2n) is 19.2. The summed E-state index contributed by atoms with van der Waals surface area (Å²) >= 11 is 0. The van der Waals surface area contributed by atoms with Gasteiger partial charge in [-0.1, -0.05) is 146 Å². The molecule has 6 nitrogen and oxygen atoms in total. The van der Waals surface area contributed by atoms with Crippen LogP contribution in [0, 0.1) is 0 Å². The lowest BCUT2D eigenvalue weighted by atomic mass is 9.97. The van der Waals surface area contributed by atoms with Gasteiger partial charge in [0.15, 0.2) is 0 Å². The molecule has 0 aliphatic rings. The maximum atomic E-state index is 5.84. The van der Waals surface area contributed by atoms with E-state index in [-0.39, 0.29) is 0 Å². The predicted molar refractivity (Wildman–Crippen MR) is 314 cm³/mol. The molecule has 75 heavy (non-hydrogen) atoms. The minimum Gasteiger partial charge on any atom is -0.310 e. The van der Waals surface area contributed by atoms with E-state index in [1.165, 1.54) is 10.8 Å². The third-order valence-electron chi connectivity index (χ3n) is 14.9. The average molecular weight is 957 g/mol. The quantitative estimate of drug-likeness (QED) is 0.112. The van der Waals surface area contributed by atoms with Crippen LogP contribution in [0.2, 0.25) is 0 Å². The van der Waals surface area contributed by atoms with Crippen molar-refractivity contribution in [3.05, 3.63) is 267 Å². The number of benzene rings is 12. The summed E-state index contributed by atoms with van der Waals surface area (Å²) in [4.78, 5) is 20.9. The molecule has 0 fully saturated rings. The van der Waals surface area contributed by atoms with Gasteiger partial charge >= 0.3 is 0 Å². The zero-order valence-electron chi connectivity index (χ0n) is 40.6. The molecule has 0 spiro atoms. The fraction of sp³-hybridized carbons (Fsp3) is 0. The van der Waals surface area contributed by atoms with Crippen LogP contribution in [0.4, 0.5) is 34.1 Å². The fourth-order valence-electron chi connectivity index (χ4n) is 11.4. The third-order valence-corrected chi connectivity index (χ3v) is 14.9. The molecule has 0 radical (unpaired) electrons. The van der Waals surface area contributed by atoms with Crippen LogP contribution in [0.5, 0.6) is 0 Å². The summed E-state index contributed by atoms with van der Waals surface area (Å²) in [6, 6.07) is 93.3. The summed E-state index contributed by atoms with van der Waals surface area (Å²) in [6.07, 6.45) is 1.86. The molecular formula is C69H44N6. The molecule has 15 rings (SSSR count). The first-order valence-corrected chi connectivity index (χ1v) is 25.4. The number of para-hydroxylation sites is 4. The molecule has 0 saturated heterocycles. The Labute approximate surface area is 432 Å². The van der Waals surface area contributed by atoms with Crippen LogP contribution in [0.15, 0.2) is 267 Å². The van der Waals surface area contributed by atoms with E-state index < -0.39 is 0 Å². The zero-order valence-corrected chi connectivity index (χ0v) is 40.6. The number of rotatable bonds is 8. The Bertz CT molecular complexity index is 4630. The number of anilines is 6. The van der Waals surface area contributed by atoms with E-state index in [4.69, 9.17) is 15.0 Å². The minimum atomic E-state index is 0.841. The Morgan fingerprint density at radius 2 is 0.813 bits per heavy atom. The number of hydrogen-bond donors (Lipinski definition) is 0. The Hall–Kier alpha value is -10.2. The smallest absolute Gasteiger partial charge is 0.0995 e. The molecule has 0 unspecified atom stereocenters. The Morgan fingerprint density at radius 1 is 0.293 bits per heavy atom. The highest BCUT2D eigenvalue weighted by atomic mass is 15.1. The summed E-state index contributed by atoms with van der Waals surface area (Å²) < 4.78 is 2.41. The van der Waals surface area contributed by atoms with Gasteiger partial charge in [0.1, 0.15) is 0 Å². The van der Waals surface area contributed by atoms with Crippen molar-refractivity contribution in [2.75, 3.05) is 9.80 Å². The van der Waals surface area contributed by atoms with E-state index >= 15 is 0 Å². The normalized spacial score (nSPS) is 11.7. The van der Waals surface area contributed by atoms with Gasteiger partial charge in [0.2, 0.25) is 0 Å². The van der Waals surface area contributed by atoms with E-state index in [0.717, 1.165) is 127 Å². The van der Waals surface area contributed by atoms with Gasteiger partial charge in [-0.15, -0.1) is 0 Å². The minimum absolute atomic E-state index is 0.841. The average Bonchev–Trinajstić information content (AvgIpc) is 3.82. The van der Waals surface area contributed by atoms with Gasteiger partial charge in [0, 0.05) is 72.9 Å². The maximum absolute atomic E-state index is 5.84. The summed E-state index contributed by atoms with van der Waals surface area (Å²) in [7, 11) is 0. The summed E-state index contributed by atoms with van der Waals surface area (Å²) in [6.45, 7) is 0. The molecule has 0 aliphatic carbocycles. The molecule has 3 aromatic heterocycles. The summed E-state index contributed by atoms with van der Waals surface area (Å²) in [5.41, 5.74) is 16.3. The monoisotopic (exact) mass is 956 g/mol. The summed E-state index contributed by atoms with van der Waals surface area (Å²) in [5, 5.41) is 9.92. The van der Waals surface area contributed by atoms with Crippen molar-refractivity contribution in [1.82, 2.24) is 19.5 Å². The van der Waals surface area contributed by atoms with Crippen molar-refractivity contribution in [3.63, 3.8) is 0 Å².